The molecule has 6 nitrogen and oxygen atoms in total. The van der Waals surface area contributed by atoms with Crippen molar-refractivity contribution in [3.8, 4) is 0 Å². The second-order valence-corrected chi connectivity index (χ2v) is 11.4. The van der Waals surface area contributed by atoms with Gasteiger partial charge in [0, 0.05) is 0 Å². The van der Waals surface area contributed by atoms with Crippen LogP contribution in [0.15, 0.2) is 0 Å². The maximum Gasteiger partial charge on any atom is 0.477 e. The maximum absolute atomic E-state index is 11.6. The molecule has 4 N–H and O–H groups in total. The van der Waals surface area contributed by atoms with Crippen molar-refractivity contribution in [3.05, 3.63) is 4.91 Å². The summed E-state index contributed by atoms with van der Waals surface area (Å²) in [6.07, 6.45) is 36.2. The molecule has 0 bridgehead atoms. The Morgan fingerprint density at radius 1 is 0.316 bits per heavy atom. The van der Waals surface area contributed by atoms with Crippen LogP contribution in [0.3, 0.4) is 0 Å². The minimum Gasteiger partial charge on any atom is -0.330 e. The van der Waals surface area contributed by atoms with Crippen molar-refractivity contribution >= 4 is 0 Å². The molecular formula is C32H68N3O3+. The third-order valence-corrected chi connectivity index (χ3v) is 7.59. The van der Waals surface area contributed by atoms with Crippen LogP contribution < -0.4 is 11.5 Å². The molecule has 0 atom stereocenters. The highest BCUT2D eigenvalue weighted by Crippen LogP contribution is 2.14. The largest absolute Gasteiger partial charge is 0.477 e. The highest BCUT2D eigenvalue weighted by Gasteiger charge is 2.11. The Morgan fingerprint density at radius 2 is 0.500 bits per heavy atom. The number of hydrogen-bond donors (Lipinski definition) is 2. The van der Waals surface area contributed by atoms with E-state index in [1.54, 1.807) is 0 Å². The Morgan fingerprint density at radius 3 is 0.711 bits per heavy atom. The van der Waals surface area contributed by atoms with Crippen LogP contribution in [0, 0.1) is 4.91 Å². The first-order chi connectivity index (χ1) is 18.8. The van der Waals surface area contributed by atoms with Gasteiger partial charge in [0.1, 0.15) is 4.91 Å². The Balaban J connectivity index is 3.14. The van der Waals surface area contributed by atoms with Crippen LogP contribution in [0.5, 0.6) is 0 Å². The molecule has 0 heterocycles. The quantitative estimate of drug-likeness (QED) is 0.0624. The van der Waals surface area contributed by atoms with Gasteiger partial charge in [-0.2, -0.15) is 9.68 Å². The van der Waals surface area contributed by atoms with Gasteiger partial charge in [-0.15, -0.1) is 0 Å². The van der Waals surface area contributed by atoms with E-state index in [-0.39, 0.29) is 0 Å². The summed E-state index contributed by atoms with van der Waals surface area (Å²) in [4.78, 5) is 21.8. The molecule has 0 fully saturated rings. The van der Waals surface area contributed by atoms with E-state index in [2.05, 4.69) is 0 Å². The van der Waals surface area contributed by atoms with Crippen LogP contribution in [0.4, 0.5) is 0 Å². The number of nitrogens with two attached hydrogens (primary N) is 2. The molecule has 0 aromatic carbocycles. The molecule has 0 aliphatic heterocycles. The summed E-state index contributed by atoms with van der Waals surface area (Å²) in [5.41, 5.74) is 11.0. The Kier molecular flexibility index (Phi) is 33.4. The molecule has 0 aliphatic carbocycles. The number of nitrogens with zero attached hydrogens (tertiary/aromatic N) is 1. The molecule has 0 aliphatic rings. The third kappa shape index (κ3) is 33.1. The first-order valence-electron chi connectivity index (χ1n) is 16.9. The average molecular weight is 543 g/mol. The standard InChI is InChI=1S/C32H68N3O3/c33-29-25-21-17-13-9-5-1-3-7-11-15-19-23-27-31-37-35(36)38-32-28-24-20-16-12-8-4-2-6-10-14-18-22-26-30-34/h1-34H2/q+1. The Bertz CT molecular complexity index is 414. The maximum atomic E-state index is 11.6. The molecule has 0 rings (SSSR count). The number of unbranched alkanes of at least 4 members (excludes halogenated alkanes) is 26. The zero-order valence-corrected chi connectivity index (χ0v) is 25.5. The molecule has 0 saturated carbocycles. The Hall–Kier alpha value is -0.880. The zero-order valence-electron chi connectivity index (χ0n) is 25.5. The van der Waals surface area contributed by atoms with Crippen molar-refractivity contribution in [2.45, 2.75) is 180 Å². The molecule has 0 spiro atoms. The van der Waals surface area contributed by atoms with Crippen molar-refractivity contribution < 1.29 is 14.8 Å². The van der Waals surface area contributed by atoms with E-state index in [1.165, 1.54) is 154 Å². The van der Waals surface area contributed by atoms with E-state index < -0.39 is 0 Å². The van der Waals surface area contributed by atoms with E-state index in [1.807, 2.05) is 0 Å². The van der Waals surface area contributed by atoms with E-state index in [0.29, 0.717) is 18.3 Å². The molecule has 6 heteroatoms. The number of rotatable bonds is 34. The van der Waals surface area contributed by atoms with Gasteiger partial charge in [0.15, 0.2) is 13.2 Å². The molecule has 228 valence electrons. The fraction of sp³-hybridized carbons (Fsp3) is 1.00. The fourth-order valence-electron chi connectivity index (χ4n) is 5.05. The molecule has 0 amide bonds. The summed E-state index contributed by atoms with van der Waals surface area (Å²) in [5.74, 6) is 0. The van der Waals surface area contributed by atoms with E-state index >= 15 is 0 Å². The normalized spacial score (nSPS) is 11.2. The van der Waals surface area contributed by atoms with Crippen LogP contribution in [-0.2, 0) is 9.68 Å². The van der Waals surface area contributed by atoms with Crippen molar-refractivity contribution in [2.24, 2.45) is 11.5 Å². The monoisotopic (exact) mass is 543 g/mol. The summed E-state index contributed by atoms with van der Waals surface area (Å²) >= 11 is 0. The van der Waals surface area contributed by atoms with Gasteiger partial charge >= 0.3 is 5.09 Å². The fourth-order valence-corrected chi connectivity index (χ4v) is 5.05. The van der Waals surface area contributed by atoms with Gasteiger partial charge in [0.25, 0.3) is 0 Å². The van der Waals surface area contributed by atoms with Gasteiger partial charge in [0.05, 0.1) is 0 Å². The summed E-state index contributed by atoms with van der Waals surface area (Å²) in [5, 5.41) is 0.330. The highest BCUT2D eigenvalue weighted by atomic mass is 17.0. The second-order valence-electron chi connectivity index (χ2n) is 11.4. The first-order valence-corrected chi connectivity index (χ1v) is 16.9. The van der Waals surface area contributed by atoms with Gasteiger partial charge in [-0.05, 0) is 51.6 Å². The minimum absolute atomic E-state index is 0.330. The molecule has 0 aromatic heterocycles. The van der Waals surface area contributed by atoms with Gasteiger partial charge in [-0.3, -0.25) is 0 Å². The van der Waals surface area contributed by atoms with Crippen molar-refractivity contribution in [2.75, 3.05) is 26.3 Å². The topological polar surface area (TPSA) is 90.6 Å². The van der Waals surface area contributed by atoms with Crippen LogP contribution in [-0.4, -0.2) is 31.4 Å². The van der Waals surface area contributed by atoms with Gasteiger partial charge in [0.2, 0.25) is 0 Å². The smallest absolute Gasteiger partial charge is 0.330 e. The lowest BCUT2D eigenvalue weighted by atomic mass is 10.0. The van der Waals surface area contributed by atoms with Gasteiger partial charge in [-0.25, -0.2) is 0 Å². The molecular weight excluding hydrogens is 474 g/mol. The van der Waals surface area contributed by atoms with E-state index in [0.717, 1.165) is 38.8 Å². The molecule has 0 aromatic rings. The Labute approximate surface area is 237 Å². The lowest BCUT2D eigenvalue weighted by molar-refractivity contribution is -0.981. The van der Waals surface area contributed by atoms with Crippen LogP contribution in [0.25, 0.3) is 0 Å². The lowest BCUT2D eigenvalue weighted by Gasteiger charge is -2.03. The summed E-state index contributed by atoms with van der Waals surface area (Å²) in [7, 11) is 0. The predicted molar refractivity (Wildman–Crippen MR) is 163 cm³/mol. The average Bonchev–Trinajstić information content (AvgIpc) is 2.92. The second kappa shape index (κ2) is 34.1. The third-order valence-electron chi connectivity index (χ3n) is 7.59. The van der Waals surface area contributed by atoms with Crippen molar-refractivity contribution in [3.63, 3.8) is 0 Å². The molecule has 0 saturated heterocycles. The molecule has 38 heavy (non-hydrogen) atoms. The summed E-state index contributed by atoms with van der Waals surface area (Å²) in [6.45, 7) is 2.61. The zero-order chi connectivity index (χ0) is 27.6. The van der Waals surface area contributed by atoms with E-state index in [9.17, 15) is 4.91 Å². The van der Waals surface area contributed by atoms with E-state index in [4.69, 9.17) is 21.1 Å². The van der Waals surface area contributed by atoms with Crippen LogP contribution in [0.2, 0.25) is 0 Å². The summed E-state index contributed by atoms with van der Waals surface area (Å²) in [6, 6.07) is 0. The first kappa shape index (κ1) is 37.1. The lowest BCUT2D eigenvalue weighted by Crippen LogP contribution is -2.12. The van der Waals surface area contributed by atoms with Crippen molar-refractivity contribution in [1.82, 2.24) is 0 Å². The predicted octanol–water partition coefficient (Wildman–Crippen LogP) is 9.47. The minimum atomic E-state index is 0.330. The molecule has 0 unspecified atom stereocenters. The van der Waals surface area contributed by atoms with Gasteiger partial charge < -0.3 is 11.5 Å². The number of hydrogen-bond acceptors (Lipinski definition) is 5. The summed E-state index contributed by atoms with van der Waals surface area (Å²) < 4.78 is 0. The van der Waals surface area contributed by atoms with Gasteiger partial charge in [-0.1, -0.05) is 141 Å². The highest BCUT2D eigenvalue weighted by molar-refractivity contribution is 4.51. The van der Waals surface area contributed by atoms with Crippen LogP contribution >= 0.6 is 0 Å². The molecule has 0 radical (unpaired) electrons. The SMILES string of the molecule is NCCCCCCCCCCCCCCCCO[N+](=O)OCCCCCCCCCCCCCCCCN. The van der Waals surface area contributed by atoms with Crippen molar-refractivity contribution in [1.29, 1.82) is 0 Å². The van der Waals surface area contributed by atoms with Crippen LogP contribution in [0.1, 0.15) is 180 Å².